The zero-order valence-electron chi connectivity index (χ0n) is 11.3. The van der Waals surface area contributed by atoms with Crippen molar-refractivity contribution in [1.82, 2.24) is 19.2 Å². The van der Waals surface area contributed by atoms with Crippen molar-refractivity contribution in [2.45, 2.75) is 25.3 Å². The molecule has 1 rings (SSSR count). The van der Waals surface area contributed by atoms with Gasteiger partial charge in [-0.2, -0.15) is 5.10 Å². The van der Waals surface area contributed by atoms with Gasteiger partial charge in [-0.15, -0.1) is 0 Å². The Morgan fingerprint density at radius 1 is 1.25 bits per heavy atom. The Bertz CT molecular complexity index is 650. The number of nitrogens with one attached hydrogen (secondary N) is 2. The van der Waals surface area contributed by atoms with Crippen molar-refractivity contribution in [2.75, 3.05) is 24.6 Å². The number of aryl methyl sites for hydroxylation is 1. The molecule has 1 aromatic heterocycles. The van der Waals surface area contributed by atoms with Crippen molar-refractivity contribution in [3.63, 3.8) is 0 Å². The van der Waals surface area contributed by atoms with E-state index in [1.165, 1.54) is 10.9 Å². The van der Waals surface area contributed by atoms with Gasteiger partial charge in [0.15, 0.2) is 5.82 Å². The first-order chi connectivity index (χ1) is 9.22. The van der Waals surface area contributed by atoms with Gasteiger partial charge in [0.1, 0.15) is 4.90 Å². The predicted octanol–water partition coefficient (Wildman–Crippen LogP) is -1.30. The highest BCUT2D eigenvalue weighted by molar-refractivity contribution is 7.90. The highest BCUT2D eigenvalue weighted by Gasteiger charge is 2.21. The number of nitrogens with two attached hydrogens (primary N) is 1. The monoisotopic (exact) mass is 325 g/mol. The van der Waals surface area contributed by atoms with E-state index in [2.05, 4.69) is 14.5 Å². The Morgan fingerprint density at radius 3 is 2.40 bits per heavy atom. The van der Waals surface area contributed by atoms with Crippen LogP contribution in [0.3, 0.4) is 0 Å². The van der Waals surface area contributed by atoms with Crippen LogP contribution < -0.4 is 15.2 Å². The predicted molar refractivity (Wildman–Crippen MR) is 75.0 cm³/mol. The molecular weight excluding hydrogens is 306 g/mol. The van der Waals surface area contributed by atoms with E-state index in [1.807, 2.05) is 0 Å². The van der Waals surface area contributed by atoms with Crippen LogP contribution in [0.4, 0.5) is 5.82 Å². The molecule has 0 aliphatic rings. The summed E-state index contributed by atoms with van der Waals surface area (Å²) in [6, 6.07) is 0. The van der Waals surface area contributed by atoms with E-state index < -0.39 is 20.0 Å². The van der Waals surface area contributed by atoms with Crippen LogP contribution in [0.1, 0.15) is 13.8 Å². The number of rotatable bonds is 8. The van der Waals surface area contributed by atoms with Gasteiger partial charge in [-0.1, -0.05) is 6.92 Å². The lowest BCUT2D eigenvalue weighted by atomic mass is 10.6. The molecule has 0 aliphatic carbocycles. The summed E-state index contributed by atoms with van der Waals surface area (Å²) >= 11 is 0. The van der Waals surface area contributed by atoms with E-state index in [1.54, 1.807) is 13.8 Å². The van der Waals surface area contributed by atoms with Crippen molar-refractivity contribution in [3.05, 3.63) is 6.20 Å². The van der Waals surface area contributed by atoms with E-state index in [9.17, 15) is 16.8 Å². The van der Waals surface area contributed by atoms with E-state index in [-0.39, 0.29) is 29.6 Å². The average Bonchev–Trinajstić information content (AvgIpc) is 2.70. The highest BCUT2D eigenvalue weighted by atomic mass is 32.2. The Balaban J connectivity index is 2.73. The van der Waals surface area contributed by atoms with Gasteiger partial charge in [0.2, 0.25) is 20.0 Å². The van der Waals surface area contributed by atoms with E-state index in [0.29, 0.717) is 6.54 Å². The molecule has 0 saturated heterocycles. The third kappa shape index (κ3) is 4.44. The number of anilines is 1. The van der Waals surface area contributed by atoms with Gasteiger partial charge in [0.25, 0.3) is 0 Å². The molecule has 0 amide bonds. The summed E-state index contributed by atoms with van der Waals surface area (Å²) in [5.74, 6) is -0.462. The first kappa shape index (κ1) is 16.9. The summed E-state index contributed by atoms with van der Waals surface area (Å²) in [7, 11) is -7.34. The molecule has 116 valence electrons. The van der Waals surface area contributed by atoms with Crippen molar-refractivity contribution < 1.29 is 16.8 Å². The smallest absolute Gasteiger partial charge is 0.245 e. The molecule has 0 saturated carbocycles. The molecule has 1 aromatic rings. The number of nitrogens with zero attached hydrogens (tertiary/aromatic N) is 2. The van der Waals surface area contributed by atoms with Gasteiger partial charge in [0.05, 0.1) is 5.75 Å². The van der Waals surface area contributed by atoms with Gasteiger partial charge in [-0.25, -0.2) is 26.3 Å². The van der Waals surface area contributed by atoms with E-state index in [0.717, 1.165) is 0 Å². The fourth-order valence-corrected chi connectivity index (χ4v) is 3.65. The summed E-state index contributed by atoms with van der Waals surface area (Å²) in [5.41, 5.74) is 5.53. The zero-order valence-corrected chi connectivity index (χ0v) is 13.0. The van der Waals surface area contributed by atoms with Gasteiger partial charge in [-0.05, 0) is 6.92 Å². The topological polar surface area (TPSA) is 136 Å². The SMILES string of the molecule is CCNS(=O)(=O)CCNS(=O)(=O)c1cn(CC)nc1N. The Labute approximate surface area is 118 Å². The van der Waals surface area contributed by atoms with Crippen LogP contribution in [-0.2, 0) is 26.6 Å². The van der Waals surface area contributed by atoms with Gasteiger partial charge < -0.3 is 5.73 Å². The summed E-state index contributed by atoms with van der Waals surface area (Å²) in [6.45, 7) is 3.93. The van der Waals surface area contributed by atoms with Crippen LogP contribution in [0.15, 0.2) is 11.1 Å². The van der Waals surface area contributed by atoms with Crippen LogP contribution in [0, 0.1) is 0 Å². The Morgan fingerprint density at radius 2 is 1.90 bits per heavy atom. The molecule has 20 heavy (non-hydrogen) atoms. The number of sulfonamides is 2. The third-order valence-electron chi connectivity index (χ3n) is 2.40. The van der Waals surface area contributed by atoms with Crippen molar-refractivity contribution in [2.24, 2.45) is 0 Å². The third-order valence-corrected chi connectivity index (χ3v) is 5.34. The molecule has 4 N–H and O–H groups in total. The maximum absolute atomic E-state index is 12.0. The quantitative estimate of drug-likeness (QED) is 0.543. The normalized spacial score (nSPS) is 12.7. The van der Waals surface area contributed by atoms with Crippen LogP contribution in [0.2, 0.25) is 0 Å². The molecule has 0 radical (unpaired) electrons. The number of nitrogen functional groups attached to an aromatic ring is 1. The molecular formula is C9H19N5O4S2. The average molecular weight is 325 g/mol. The maximum Gasteiger partial charge on any atom is 0.245 e. The zero-order chi connectivity index (χ0) is 15.4. The summed E-state index contributed by atoms with van der Waals surface area (Å²) in [6.07, 6.45) is 1.30. The molecule has 0 aliphatic heterocycles. The van der Waals surface area contributed by atoms with Crippen LogP contribution in [-0.4, -0.2) is 45.5 Å². The lowest BCUT2D eigenvalue weighted by Crippen LogP contribution is -2.34. The standard InChI is InChI=1S/C9H19N5O4S2/c1-3-11-19(15,16)6-5-12-20(17,18)8-7-14(4-2)13-9(8)10/h7,11-12H,3-6H2,1-2H3,(H2,10,13). The van der Waals surface area contributed by atoms with Crippen LogP contribution in [0.25, 0.3) is 0 Å². The molecule has 0 aromatic carbocycles. The van der Waals surface area contributed by atoms with Crippen molar-refractivity contribution in [1.29, 1.82) is 0 Å². The molecule has 0 fully saturated rings. The van der Waals surface area contributed by atoms with Gasteiger partial charge in [0, 0.05) is 25.8 Å². The highest BCUT2D eigenvalue weighted by Crippen LogP contribution is 2.15. The van der Waals surface area contributed by atoms with Crippen molar-refractivity contribution >= 4 is 25.9 Å². The number of hydrogen-bond donors (Lipinski definition) is 3. The molecule has 9 nitrogen and oxygen atoms in total. The second-order valence-electron chi connectivity index (χ2n) is 3.95. The first-order valence-corrected chi connectivity index (χ1v) is 9.15. The molecule has 0 spiro atoms. The second-order valence-corrected chi connectivity index (χ2v) is 7.61. The van der Waals surface area contributed by atoms with Crippen LogP contribution in [0.5, 0.6) is 0 Å². The van der Waals surface area contributed by atoms with Gasteiger partial charge in [-0.3, -0.25) is 4.68 Å². The number of aromatic nitrogens is 2. The second kappa shape index (κ2) is 6.52. The minimum Gasteiger partial charge on any atom is -0.381 e. The van der Waals surface area contributed by atoms with E-state index in [4.69, 9.17) is 5.73 Å². The molecule has 1 heterocycles. The summed E-state index contributed by atoms with van der Waals surface area (Å²) in [4.78, 5) is -0.153. The summed E-state index contributed by atoms with van der Waals surface area (Å²) in [5, 5.41) is 3.83. The van der Waals surface area contributed by atoms with Gasteiger partial charge >= 0.3 is 0 Å². The summed E-state index contributed by atoms with van der Waals surface area (Å²) < 4.78 is 52.5. The molecule has 11 heteroatoms. The fourth-order valence-electron chi connectivity index (χ4n) is 1.47. The van der Waals surface area contributed by atoms with E-state index >= 15 is 0 Å². The molecule has 0 atom stereocenters. The fraction of sp³-hybridized carbons (Fsp3) is 0.667. The van der Waals surface area contributed by atoms with Crippen molar-refractivity contribution in [3.8, 4) is 0 Å². The molecule has 0 bridgehead atoms. The lowest BCUT2D eigenvalue weighted by molar-refractivity contribution is 0.576. The maximum atomic E-state index is 12.0. The van der Waals surface area contributed by atoms with Crippen LogP contribution >= 0.6 is 0 Å². The Kier molecular flexibility index (Phi) is 5.50. The first-order valence-electron chi connectivity index (χ1n) is 6.01. The number of hydrogen-bond acceptors (Lipinski definition) is 6. The Hall–Kier alpha value is -1.17. The molecule has 0 unspecified atom stereocenters. The lowest BCUT2D eigenvalue weighted by Gasteiger charge is -2.06. The minimum absolute atomic E-state index is 0.117. The minimum atomic E-state index is -3.87. The largest absolute Gasteiger partial charge is 0.381 e.